The van der Waals surface area contributed by atoms with Crippen molar-refractivity contribution in [2.24, 2.45) is 23.2 Å². The van der Waals surface area contributed by atoms with Gasteiger partial charge in [-0.05, 0) is 93.2 Å². The van der Waals surface area contributed by atoms with Crippen LogP contribution in [-0.4, -0.2) is 24.6 Å². The molecule has 1 atom stereocenters. The molecule has 5 heteroatoms. The van der Waals surface area contributed by atoms with Gasteiger partial charge in [0.15, 0.2) is 0 Å². The number of benzene rings is 2. The summed E-state index contributed by atoms with van der Waals surface area (Å²) < 4.78 is 17.4. The second-order valence-electron chi connectivity index (χ2n) is 13.5. The van der Waals surface area contributed by atoms with Gasteiger partial charge in [0.1, 0.15) is 24.1 Å². The van der Waals surface area contributed by atoms with Crippen molar-refractivity contribution in [2.45, 2.75) is 85.7 Å². The van der Waals surface area contributed by atoms with Crippen molar-refractivity contribution in [3.05, 3.63) is 82.6 Å². The number of hydrogen-bond acceptors (Lipinski definition) is 5. The highest BCUT2D eigenvalue weighted by atomic mass is 16.6. The minimum absolute atomic E-state index is 0.0915. The maximum atomic E-state index is 13.1. The molecule has 226 valence electrons. The van der Waals surface area contributed by atoms with E-state index < -0.39 is 11.5 Å². The van der Waals surface area contributed by atoms with Crippen LogP contribution in [0.5, 0.6) is 0 Å². The summed E-state index contributed by atoms with van der Waals surface area (Å²) in [5, 5.41) is 0.969. The molecule has 0 spiro atoms. The van der Waals surface area contributed by atoms with Crippen molar-refractivity contribution in [3.8, 4) is 11.8 Å². The van der Waals surface area contributed by atoms with Gasteiger partial charge in [-0.2, -0.15) is 0 Å². The highest BCUT2D eigenvalue weighted by Gasteiger charge is 2.52. The smallest absolute Gasteiger partial charge is 0.334 e. The van der Waals surface area contributed by atoms with Gasteiger partial charge in [-0.3, -0.25) is 4.79 Å². The molecular weight excluding hydrogens is 536 g/mol. The maximum absolute atomic E-state index is 13.1. The van der Waals surface area contributed by atoms with E-state index in [0.717, 1.165) is 60.0 Å². The zero-order valence-corrected chi connectivity index (χ0v) is 26.2. The SMILES string of the molecule is Cc1ccc(C#Cc2ccc3oc(CC4(C(=O)OCC5C/C(=C\CC(CC(C)C)CC(C)C)C(=O)O5)CC4)cc3c2)cc1. The Morgan fingerprint density at radius 1 is 1.00 bits per heavy atom. The summed E-state index contributed by atoms with van der Waals surface area (Å²) in [7, 11) is 0. The quantitative estimate of drug-likeness (QED) is 0.130. The van der Waals surface area contributed by atoms with Gasteiger partial charge in [-0.1, -0.05) is 63.3 Å². The molecule has 0 radical (unpaired) electrons. The number of carbonyl (C=O) groups excluding carboxylic acids is 2. The van der Waals surface area contributed by atoms with Crippen LogP contribution in [0.4, 0.5) is 0 Å². The van der Waals surface area contributed by atoms with Gasteiger partial charge in [-0.25, -0.2) is 4.79 Å². The Kier molecular flexibility index (Phi) is 9.45. The van der Waals surface area contributed by atoms with E-state index in [4.69, 9.17) is 13.9 Å². The van der Waals surface area contributed by atoms with E-state index in [2.05, 4.69) is 64.7 Å². The number of furan rings is 1. The Labute approximate surface area is 256 Å². The summed E-state index contributed by atoms with van der Waals surface area (Å²) in [5.74, 6) is 8.51. The zero-order valence-electron chi connectivity index (χ0n) is 26.2. The zero-order chi connectivity index (χ0) is 30.6. The predicted octanol–water partition coefficient (Wildman–Crippen LogP) is 8.35. The molecule has 5 rings (SSSR count). The summed E-state index contributed by atoms with van der Waals surface area (Å²) >= 11 is 0. The minimum atomic E-state index is -0.565. The number of cyclic esters (lactones) is 1. The van der Waals surface area contributed by atoms with E-state index in [0.29, 0.717) is 36.2 Å². The second kappa shape index (κ2) is 13.2. The van der Waals surface area contributed by atoms with Crippen LogP contribution in [0.25, 0.3) is 11.0 Å². The monoisotopic (exact) mass is 580 g/mol. The maximum Gasteiger partial charge on any atom is 0.334 e. The highest BCUT2D eigenvalue weighted by molar-refractivity contribution is 5.90. The summed E-state index contributed by atoms with van der Waals surface area (Å²) in [6.45, 7) is 11.1. The van der Waals surface area contributed by atoms with Gasteiger partial charge >= 0.3 is 11.9 Å². The third kappa shape index (κ3) is 8.20. The first-order valence-corrected chi connectivity index (χ1v) is 15.8. The lowest BCUT2D eigenvalue weighted by molar-refractivity contribution is -0.157. The normalized spacial score (nSPS) is 18.4. The first-order valence-electron chi connectivity index (χ1n) is 15.8. The molecule has 1 saturated carbocycles. The van der Waals surface area contributed by atoms with Crippen LogP contribution in [0, 0.1) is 41.9 Å². The Balaban J connectivity index is 1.15. The largest absolute Gasteiger partial charge is 0.461 e. The van der Waals surface area contributed by atoms with Gasteiger partial charge in [-0.15, -0.1) is 0 Å². The molecule has 0 N–H and O–H groups in total. The fourth-order valence-electron chi connectivity index (χ4n) is 6.09. The van der Waals surface area contributed by atoms with E-state index in [1.165, 1.54) is 5.56 Å². The topological polar surface area (TPSA) is 65.7 Å². The van der Waals surface area contributed by atoms with E-state index >= 15 is 0 Å². The van der Waals surface area contributed by atoms with Crippen LogP contribution >= 0.6 is 0 Å². The van der Waals surface area contributed by atoms with Crippen LogP contribution in [0.1, 0.15) is 88.7 Å². The molecule has 2 heterocycles. The highest BCUT2D eigenvalue weighted by Crippen LogP contribution is 2.50. The molecule has 1 saturated heterocycles. The van der Waals surface area contributed by atoms with Crippen molar-refractivity contribution >= 4 is 22.9 Å². The Morgan fingerprint density at radius 3 is 2.35 bits per heavy atom. The first kappa shape index (κ1) is 30.7. The van der Waals surface area contributed by atoms with Crippen LogP contribution in [0.15, 0.2) is 64.6 Å². The fraction of sp³-hybridized carbons (Fsp3) is 0.474. The van der Waals surface area contributed by atoms with Crippen molar-refractivity contribution in [3.63, 3.8) is 0 Å². The lowest BCUT2D eigenvalue weighted by Gasteiger charge is -2.19. The first-order chi connectivity index (χ1) is 20.6. The van der Waals surface area contributed by atoms with Crippen molar-refractivity contribution in [2.75, 3.05) is 6.61 Å². The number of esters is 2. The van der Waals surface area contributed by atoms with Gasteiger partial charge in [0.05, 0.1) is 5.41 Å². The van der Waals surface area contributed by atoms with Gasteiger partial charge in [0.25, 0.3) is 0 Å². The second-order valence-corrected chi connectivity index (χ2v) is 13.5. The van der Waals surface area contributed by atoms with E-state index in [1.54, 1.807) is 0 Å². The van der Waals surface area contributed by atoms with E-state index in [-0.39, 0.29) is 18.5 Å². The van der Waals surface area contributed by atoms with Crippen molar-refractivity contribution in [1.29, 1.82) is 0 Å². The Bertz CT molecular complexity index is 1530. The number of allylic oxidation sites excluding steroid dienone is 1. The van der Waals surface area contributed by atoms with E-state index in [1.807, 2.05) is 36.4 Å². The molecule has 1 aromatic heterocycles. The molecular formula is C38H44O5. The van der Waals surface area contributed by atoms with Gasteiger partial charge in [0, 0.05) is 34.9 Å². The molecule has 1 aliphatic carbocycles. The van der Waals surface area contributed by atoms with Crippen LogP contribution in [0.2, 0.25) is 0 Å². The molecule has 1 unspecified atom stereocenters. The minimum Gasteiger partial charge on any atom is -0.461 e. The number of ether oxygens (including phenoxy) is 2. The van der Waals surface area contributed by atoms with Crippen LogP contribution in [-0.2, 0) is 25.5 Å². The van der Waals surface area contributed by atoms with E-state index in [9.17, 15) is 9.59 Å². The molecule has 43 heavy (non-hydrogen) atoms. The number of hydrogen-bond donors (Lipinski definition) is 0. The molecule has 1 aliphatic heterocycles. The van der Waals surface area contributed by atoms with Gasteiger partial charge in [0.2, 0.25) is 0 Å². The Morgan fingerprint density at radius 2 is 1.67 bits per heavy atom. The fourth-order valence-corrected chi connectivity index (χ4v) is 6.09. The predicted molar refractivity (Wildman–Crippen MR) is 169 cm³/mol. The third-order valence-electron chi connectivity index (χ3n) is 8.46. The van der Waals surface area contributed by atoms with Crippen molar-refractivity contribution in [1.82, 2.24) is 0 Å². The molecule has 2 fully saturated rings. The molecule has 2 aliphatic rings. The standard InChI is InChI=1S/C38H44O5/c1-25(2)18-30(19-26(3)4)12-14-31-21-34(43-36(31)39)24-41-37(40)38(16-17-38)23-33-22-32-20-29(13-15-35(32)42-33)11-10-28-8-6-27(5)7-9-28/h6-9,13-15,20,22,25-26,30,34H,12,16-19,21,23-24H2,1-5H3/b31-14+. The average Bonchev–Trinajstić information content (AvgIpc) is 3.49. The number of carbonyl (C=O) groups is 2. The number of fused-ring (bicyclic) bond motifs is 1. The lowest BCUT2D eigenvalue weighted by atomic mass is 9.86. The van der Waals surface area contributed by atoms with Crippen LogP contribution in [0.3, 0.4) is 0 Å². The molecule has 0 bridgehead atoms. The van der Waals surface area contributed by atoms with Crippen molar-refractivity contribution < 1.29 is 23.5 Å². The van der Waals surface area contributed by atoms with Crippen LogP contribution < -0.4 is 0 Å². The lowest BCUT2D eigenvalue weighted by Crippen LogP contribution is -2.26. The number of aryl methyl sites for hydroxylation is 1. The molecule has 0 amide bonds. The summed E-state index contributed by atoms with van der Waals surface area (Å²) in [5.41, 5.74) is 4.03. The summed E-state index contributed by atoms with van der Waals surface area (Å²) in [4.78, 5) is 25.7. The van der Waals surface area contributed by atoms with Gasteiger partial charge < -0.3 is 13.9 Å². The molecule has 5 nitrogen and oxygen atoms in total. The summed E-state index contributed by atoms with van der Waals surface area (Å²) in [6.07, 6.45) is 7.33. The number of rotatable bonds is 11. The Hall–Kier alpha value is -3.78. The molecule has 2 aromatic carbocycles. The average molecular weight is 581 g/mol. The third-order valence-corrected chi connectivity index (χ3v) is 8.46. The summed E-state index contributed by atoms with van der Waals surface area (Å²) in [6, 6.07) is 16.1. The molecule has 3 aromatic rings.